The first kappa shape index (κ1) is 15.4. The van der Waals surface area contributed by atoms with Gasteiger partial charge in [0.2, 0.25) is 0 Å². The van der Waals surface area contributed by atoms with Crippen molar-refractivity contribution in [2.45, 2.75) is 64.1 Å². The van der Waals surface area contributed by atoms with Crippen molar-refractivity contribution < 1.29 is 14.9 Å². The predicted molar refractivity (Wildman–Crippen MR) is 87.4 cm³/mol. The molecule has 1 aromatic carbocycles. The van der Waals surface area contributed by atoms with Gasteiger partial charge in [0.1, 0.15) is 17.6 Å². The highest BCUT2D eigenvalue weighted by Gasteiger charge is 2.53. The van der Waals surface area contributed by atoms with Gasteiger partial charge < -0.3 is 14.9 Å². The topological polar surface area (TPSA) is 49.7 Å². The summed E-state index contributed by atoms with van der Waals surface area (Å²) in [4.78, 5) is 0. The van der Waals surface area contributed by atoms with Crippen LogP contribution >= 0.6 is 0 Å². The van der Waals surface area contributed by atoms with Gasteiger partial charge in [0.05, 0.1) is 5.60 Å². The number of ether oxygens (including phenoxy) is 1. The Labute approximate surface area is 132 Å². The molecule has 0 saturated heterocycles. The van der Waals surface area contributed by atoms with Crippen molar-refractivity contribution in [1.29, 1.82) is 0 Å². The van der Waals surface area contributed by atoms with Crippen molar-refractivity contribution in [3.8, 4) is 11.5 Å². The first-order valence-corrected chi connectivity index (χ1v) is 8.25. The van der Waals surface area contributed by atoms with E-state index in [2.05, 4.69) is 13.5 Å². The van der Waals surface area contributed by atoms with Gasteiger partial charge >= 0.3 is 0 Å². The van der Waals surface area contributed by atoms with Gasteiger partial charge in [0.25, 0.3) is 0 Å². The third kappa shape index (κ3) is 2.32. The molecule has 0 bridgehead atoms. The summed E-state index contributed by atoms with van der Waals surface area (Å²) in [6.45, 7) is 10.1. The third-order valence-electron chi connectivity index (χ3n) is 5.27. The van der Waals surface area contributed by atoms with Gasteiger partial charge in [-0.15, -0.1) is 0 Å². The number of hydrogen-bond donors (Lipinski definition) is 2. The van der Waals surface area contributed by atoms with Crippen molar-refractivity contribution in [2.75, 3.05) is 0 Å². The summed E-state index contributed by atoms with van der Waals surface area (Å²) in [5, 5.41) is 21.3. The van der Waals surface area contributed by atoms with Gasteiger partial charge in [-0.1, -0.05) is 25.5 Å². The molecule has 3 rings (SSSR count). The van der Waals surface area contributed by atoms with Crippen LogP contribution in [0.25, 0.3) is 0 Å². The molecule has 1 heterocycles. The summed E-state index contributed by atoms with van der Waals surface area (Å²) in [7, 11) is 0. The van der Waals surface area contributed by atoms with Crippen molar-refractivity contribution in [3.05, 3.63) is 35.4 Å². The molecule has 1 aliphatic heterocycles. The standard InChI is InChI=1S/C19H26O3/c1-5-6-12-9-14(20)17-15(10-12)22-18-16(17)13(11(2)3)7-8-19(18,4)21/h9-10,13,16,18,20-21H,2,5-8H2,1,3-4H3/t13-,16?,18?,19-/m0/s1. The molecule has 0 amide bonds. The number of fused-ring (bicyclic) bond motifs is 3. The summed E-state index contributed by atoms with van der Waals surface area (Å²) in [5.41, 5.74) is 2.17. The van der Waals surface area contributed by atoms with Crippen molar-refractivity contribution >= 4 is 0 Å². The lowest BCUT2D eigenvalue weighted by molar-refractivity contribution is -0.0824. The van der Waals surface area contributed by atoms with E-state index in [1.165, 1.54) is 0 Å². The molecule has 2 N–H and O–H groups in total. The van der Waals surface area contributed by atoms with E-state index in [9.17, 15) is 10.2 Å². The average molecular weight is 302 g/mol. The highest BCUT2D eigenvalue weighted by atomic mass is 16.5. The van der Waals surface area contributed by atoms with Crippen LogP contribution in [-0.2, 0) is 6.42 Å². The number of hydrogen-bond acceptors (Lipinski definition) is 3. The second kappa shape index (κ2) is 5.31. The fourth-order valence-corrected chi connectivity index (χ4v) is 4.14. The first-order chi connectivity index (χ1) is 10.3. The Hall–Kier alpha value is -1.48. The van der Waals surface area contributed by atoms with Crippen LogP contribution in [0.1, 0.15) is 57.1 Å². The largest absolute Gasteiger partial charge is 0.508 e. The molecule has 2 aliphatic rings. The maximum Gasteiger partial charge on any atom is 0.135 e. The minimum absolute atomic E-state index is 0.00748. The molecule has 2 unspecified atom stereocenters. The summed E-state index contributed by atoms with van der Waals surface area (Å²) in [5.74, 6) is 1.28. The molecule has 0 aromatic heterocycles. The Morgan fingerprint density at radius 3 is 2.82 bits per heavy atom. The maximum atomic E-state index is 10.7. The number of aliphatic hydroxyl groups is 1. The maximum absolute atomic E-state index is 10.7. The Balaban J connectivity index is 2.08. The van der Waals surface area contributed by atoms with Crippen LogP contribution < -0.4 is 4.74 Å². The molecule has 1 saturated carbocycles. The lowest BCUT2D eigenvalue weighted by atomic mass is 9.66. The van der Waals surface area contributed by atoms with E-state index in [1.807, 2.05) is 26.0 Å². The molecule has 22 heavy (non-hydrogen) atoms. The quantitative estimate of drug-likeness (QED) is 0.832. The number of allylic oxidation sites excluding steroid dienone is 1. The number of phenolic OH excluding ortho intramolecular Hbond substituents is 1. The van der Waals surface area contributed by atoms with E-state index in [1.54, 1.807) is 0 Å². The minimum Gasteiger partial charge on any atom is -0.508 e. The van der Waals surface area contributed by atoms with Gasteiger partial charge in [-0.2, -0.15) is 0 Å². The molecular formula is C19H26O3. The van der Waals surface area contributed by atoms with E-state index in [-0.39, 0.29) is 17.9 Å². The summed E-state index contributed by atoms with van der Waals surface area (Å²) >= 11 is 0. The smallest absolute Gasteiger partial charge is 0.135 e. The Bertz CT molecular complexity index is 603. The Morgan fingerprint density at radius 2 is 2.18 bits per heavy atom. The zero-order valence-electron chi connectivity index (χ0n) is 13.7. The van der Waals surface area contributed by atoms with Gasteiger partial charge in [-0.25, -0.2) is 0 Å². The number of rotatable bonds is 3. The van der Waals surface area contributed by atoms with Gasteiger partial charge in [0.15, 0.2) is 0 Å². The molecular weight excluding hydrogens is 276 g/mol. The van der Waals surface area contributed by atoms with Gasteiger partial charge in [-0.05, 0) is 56.7 Å². The minimum atomic E-state index is -0.868. The second-order valence-electron chi connectivity index (χ2n) is 7.19. The molecule has 1 aromatic rings. The number of aromatic hydroxyl groups is 1. The number of aryl methyl sites for hydroxylation is 1. The van der Waals surface area contributed by atoms with Crippen molar-refractivity contribution in [1.82, 2.24) is 0 Å². The van der Waals surface area contributed by atoms with Crippen LogP contribution in [0.15, 0.2) is 24.3 Å². The van der Waals surface area contributed by atoms with Gasteiger partial charge in [0, 0.05) is 11.5 Å². The van der Waals surface area contributed by atoms with Crippen LogP contribution in [0.4, 0.5) is 0 Å². The summed E-state index contributed by atoms with van der Waals surface area (Å²) in [6, 6.07) is 3.88. The highest BCUT2D eigenvalue weighted by molar-refractivity contribution is 5.54. The molecule has 0 spiro atoms. The molecule has 3 nitrogen and oxygen atoms in total. The van der Waals surface area contributed by atoms with E-state index in [4.69, 9.17) is 4.74 Å². The summed E-state index contributed by atoms with van der Waals surface area (Å²) in [6.07, 6.45) is 3.21. The predicted octanol–water partition coefficient (Wildman–Crippen LogP) is 3.93. The monoisotopic (exact) mass is 302 g/mol. The van der Waals surface area contributed by atoms with Crippen LogP contribution in [0, 0.1) is 5.92 Å². The molecule has 3 heteroatoms. The highest BCUT2D eigenvalue weighted by Crippen LogP contribution is 2.56. The Kier molecular flexibility index (Phi) is 3.72. The number of phenols is 1. The van der Waals surface area contributed by atoms with Crippen molar-refractivity contribution in [3.63, 3.8) is 0 Å². The fourth-order valence-electron chi connectivity index (χ4n) is 4.14. The van der Waals surface area contributed by atoms with Crippen LogP contribution in [0.3, 0.4) is 0 Å². The average Bonchev–Trinajstić information content (AvgIpc) is 2.80. The lowest BCUT2D eigenvalue weighted by Gasteiger charge is -2.42. The van der Waals surface area contributed by atoms with Crippen LogP contribution in [-0.4, -0.2) is 21.9 Å². The molecule has 1 aliphatic carbocycles. The van der Waals surface area contributed by atoms with Crippen molar-refractivity contribution in [2.24, 2.45) is 5.92 Å². The SMILES string of the molecule is C=C(C)[C@@H]1CC[C@](C)(O)C2Oc3cc(CCC)cc(O)c3C21. The zero-order valence-corrected chi connectivity index (χ0v) is 13.7. The molecule has 4 atom stereocenters. The molecule has 1 fully saturated rings. The normalized spacial score (nSPS) is 33.0. The molecule has 120 valence electrons. The Morgan fingerprint density at radius 1 is 1.45 bits per heavy atom. The first-order valence-electron chi connectivity index (χ1n) is 8.25. The third-order valence-corrected chi connectivity index (χ3v) is 5.27. The van der Waals surface area contributed by atoms with Crippen LogP contribution in [0.5, 0.6) is 11.5 Å². The lowest BCUT2D eigenvalue weighted by Crippen LogP contribution is -2.50. The number of benzene rings is 1. The second-order valence-corrected chi connectivity index (χ2v) is 7.19. The van der Waals surface area contributed by atoms with E-state index in [0.29, 0.717) is 12.2 Å². The van der Waals surface area contributed by atoms with E-state index >= 15 is 0 Å². The van der Waals surface area contributed by atoms with E-state index < -0.39 is 5.60 Å². The van der Waals surface area contributed by atoms with E-state index in [0.717, 1.165) is 41.7 Å². The fraction of sp³-hybridized carbons (Fsp3) is 0.579. The molecule has 0 radical (unpaired) electrons. The zero-order chi connectivity index (χ0) is 16.1. The summed E-state index contributed by atoms with van der Waals surface area (Å²) < 4.78 is 6.12. The van der Waals surface area contributed by atoms with Gasteiger partial charge in [-0.3, -0.25) is 0 Å². The van der Waals surface area contributed by atoms with Crippen LogP contribution in [0.2, 0.25) is 0 Å².